The van der Waals surface area contributed by atoms with Crippen molar-refractivity contribution in [2.75, 3.05) is 5.75 Å². The minimum atomic E-state index is -4.17. The van der Waals surface area contributed by atoms with Gasteiger partial charge in [0.15, 0.2) is 0 Å². The van der Waals surface area contributed by atoms with Gasteiger partial charge in [0.1, 0.15) is 9.15 Å². The maximum Gasteiger partial charge on any atom is 0.149 e. The van der Waals surface area contributed by atoms with Crippen molar-refractivity contribution in [1.82, 2.24) is 4.98 Å². The highest BCUT2D eigenvalue weighted by atomic mass is 33.1. The highest BCUT2D eigenvalue weighted by Gasteiger charge is 2.03. The molecule has 6 heteroatoms. The number of aryl methyl sites for hydroxylation is 1. The van der Waals surface area contributed by atoms with Crippen molar-refractivity contribution in [3.63, 3.8) is 0 Å². The lowest BCUT2D eigenvalue weighted by Gasteiger charge is -2.04. The Morgan fingerprint density at radius 3 is 2.81 bits per heavy atom. The maximum atomic E-state index is 10.4. The summed E-state index contributed by atoms with van der Waals surface area (Å²) in [7, 11) is -3.73. The zero-order chi connectivity index (χ0) is 11.6. The highest BCUT2D eigenvalue weighted by molar-refractivity contribution is 8.69. The SMILES string of the molecule is O=S(=O)([O-])SCCc1c[nH]c2ccccc12. The minimum Gasteiger partial charge on any atom is -0.739 e. The van der Waals surface area contributed by atoms with Crippen molar-refractivity contribution in [2.24, 2.45) is 0 Å². The van der Waals surface area contributed by atoms with Crippen LogP contribution in [-0.2, 0) is 15.6 Å². The fourth-order valence-corrected chi connectivity index (χ4v) is 2.96. The average molecular weight is 256 g/mol. The number of para-hydroxylation sites is 1. The van der Waals surface area contributed by atoms with Gasteiger partial charge in [-0.2, -0.15) is 0 Å². The molecule has 0 aliphatic carbocycles. The molecule has 0 spiro atoms. The van der Waals surface area contributed by atoms with Gasteiger partial charge in [-0.25, -0.2) is 8.42 Å². The number of fused-ring (bicyclic) bond motifs is 1. The molecule has 0 fully saturated rings. The fourth-order valence-electron chi connectivity index (χ4n) is 1.59. The number of hydrogen-bond acceptors (Lipinski definition) is 4. The van der Waals surface area contributed by atoms with Crippen molar-refractivity contribution in [3.8, 4) is 0 Å². The lowest BCUT2D eigenvalue weighted by Crippen LogP contribution is -1.94. The first-order valence-electron chi connectivity index (χ1n) is 4.71. The number of H-pyrrole nitrogens is 1. The van der Waals surface area contributed by atoms with Crippen LogP contribution in [-0.4, -0.2) is 23.7 Å². The lowest BCUT2D eigenvalue weighted by molar-refractivity contribution is 0.482. The molecule has 0 aliphatic rings. The summed E-state index contributed by atoms with van der Waals surface area (Å²) in [5, 5.41) is 1.08. The van der Waals surface area contributed by atoms with Gasteiger partial charge in [0.2, 0.25) is 0 Å². The Morgan fingerprint density at radius 2 is 2.06 bits per heavy atom. The van der Waals surface area contributed by atoms with Crippen LogP contribution in [0.1, 0.15) is 5.56 Å². The van der Waals surface area contributed by atoms with E-state index in [1.165, 1.54) is 0 Å². The van der Waals surface area contributed by atoms with E-state index in [9.17, 15) is 13.0 Å². The van der Waals surface area contributed by atoms with E-state index in [-0.39, 0.29) is 5.75 Å². The summed E-state index contributed by atoms with van der Waals surface area (Å²) in [6, 6.07) is 7.78. The summed E-state index contributed by atoms with van der Waals surface area (Å²) >= 11 is 0. The monoisotopic (exact) mass is 256 g/mol. The molecule has 0 saturated heterocycles. The summed E-state index contributed by atoms with van der Waals surface area (Å²) in [4.78, 5) is 3.10. The van der Waals surface area contributed by atoms with Gasteiger partial charge >= 0.3 is 0 Å². The number of benzene rings is 1. The molecule has 2 rings (SSSR count). The molecule has 4 nitrogen and oxygen atoms in total. The highest BCUT2D eigenvalue weighted by Crippen LogP contribution is 2.20. The van der Waals surface area contributed by atoms with E-state index in [0.29, 0.717) is 17.2 Å². The van der Waals surface area contributed by atoms with Gasteiger partial charge in [-0.15, -0.1) is 0 Å². The molecule has 0 unspecified atom stereocenters. The second-order valence-corrected chi connectivity index (χ2v) is 6.73. The number of aromatic amines is 1. The van der Waals surface area contributed by atoms with E-state index in [1.807, 2.05) is 30.5 Å². The molecule has 1 aromatic carbocycles. The fraction of sp³-hybridized carbons (Fsp3) is 0.200. The minimum absolute atomic E-state index is 0.285. The Morgan fingerprint density at radius 1 is 1.31 bits per heavy atom. The number of hydrogen-bond donors (Lipinski definition) is 1. The number of nitrogens with one attached hydrogen (secondary N) is 1. The van der Waals surface area contributed by atoms with Crippen LogP contribution in [0.3, 0.4) is 0 Å². The third kappa shape index (κ3) is 2.78. The number of aromatic nitrogens is 1. The van der Waals surface area contributed by atoms with Crippen LogP contribution >= 0.6 is 10.8 Å². The Kier molecular flexibility index (Phi) is 3.22. The Labute approximate surface area is 97.2 Å². The molecule has 1 aromatic heterocycles. The lowest BCUT2D eigenvalue weighted by atomic mass is 10.1. The molecule has 0 amide bonds. The number of rotatable bonds is 4. The van der Waals surface area contributed by atoms with Crippen LogP contribution in [0, 0.1) is 0 Å². The first-order valence-corrected chi connectivity index (χ1v) is 7.62. The van der Waals surface area contributed by atoms with E-state index < -0.39 is 9.15 Å². The van der Waals surface area contributed by atoms with Crippen LogP contribution in [0.5, 0.6) is 0 Å². The molecule has 0 atom stereocenters. The summed E-state index contributed by atoms with van der Waals surface area (Å²) in [6.07, 6.45) is 2.42. The van der Waals surface area contributed by atoms with Crippen LogP contribution in [0.15, 0.2) is 30.5 Å². The van der Waals surface area contributed by atoms with Gasteiger partial charge in [-0.05, 0) is 28.8 Å². The molecule has 2 aromatic rings. The van der Waals surface area contributed by atoms with Crippen LogP contribution in [0.25, 0.3) is 10.9 Å². The van der Waals surface area contributed by atoms with Crippen molar-refractivity contribution >= 4 is 30.8 Å². The molecule has 86 valence electrons. The van der Waals surface area contributed by atoms with Crippen LogP contribution in [0.4, 0.5) is 0 Å². The molecule has 0 aliphatic heterocycles. The molecule has 1 heterocycles. The van der Waals surface area contributed by atoms with Crippen molar-refractivity contribution < 1.29 is 13.0 Å². The van der Waals surface area contributed by atoms with Gasteiger partial charge < -0.3 is 9.54 Å². The van der Waals surface area contributed by atoms with Gasteiger partial charge in [0, 0.05) is 22.9 Å². The summed E-state index contributed by atoms with van der Waals surface area (Å²) in [5.74, 6) is 0.285. The summed E-state index contributed by atoms with van der Waals surface area (Å²) < 4.78 is 31.3. The van der Waals surface area contributed by atoms with E-state index >= 15 is 0 Å². The summed E-state index contributed by atoms with van der Waals surface area (Å²) in [6.45, 7) is 0. The van der Waals surface area contributed by atoms with Crippen LogP contribution in [0.2, 0.25) is 0 Å². The van der Waals surface area contributed by atoms with E-state index in [4.69, 9.17) is 0 Å². The first-order chi connectivity index (χ1) is 7.56. The van der Waals surface area contributed by atoms with Crippen molar-refractivity contribution in [1.29, 1.82) is 0 Å². The molecule has 1 N–H and O–H groups in total. The van der Waals surface area contributed by atoms with E-state index in [1.54, 1.807) is 0 Å². The van der Waals surface area contributed by atoms with Gasteiger partial charge in [-0.3, -0.25) is 0 Å². The molecular weight excluding hydrogens is 246 g/mol. The molecule has 16 heavy (non-hydrogen) atoms. The molecule has 0 bridgehead atoms. The van der Waals surface area contributed by atoms with Gasteiger partial charge in [0.05, 0.1) is 0 Å². The second kappa shape index (κ2) is 4.48. The topological polar surface area (TPSA) is 73.0 Å². The largest absolute Gasteiger partial charge is 0.739 e. The molecule has 0 saturated carbocycles. The third-order valence-electron chi connectivity index (χ3n) is 2.27. The van der Waals surface area contributed by atoms with Crippen LogP contribution < -0.4 is 0 Å². The van der Waals surface area contributed by atoms with E-state index in [0.717, 1.165) is 16.5 Å². The van der Waals surface area contributed by atoms with Crippen molar-refractivity contribution in [3.05, 3.63) is 36.0 Å². The zero-order valence-corrected chi connectivity index (χ0v) is 9.98. The zero-order valence-electron chi connectivity index (χ0n) is 8.34. The third-order valence-corrected chi connectivity index (χ3v) is 4.30. The second-order valence-electron chi connectivity index (χ2n) is 3.34. The normalized spacial score (nSPS) is 12.1. The first kappa shape index (κ1) is 11.5. The van der Waals surface area contributed by atoms with Crippen molar-refractivity contribution in [2.45, 2.75) is 6.42 Å². The maximum absolute atomic E-state index is 10.4. The average Bonchev–Trinajstić information content (AvgIpc) is 2.60. The Bertz CT molecular complexity index is 589. The van der Waals surface area contributed by atoms with Gasteiger partial charge in [-0.1, -0.05) is 18.2 Å². The predicted molar refractivity (Wildman–Crippen MR) is 64.2 cm³/mol. The standard InChI is InChI=1S/C10H11NO3S2/c12-16(13,14)15-6-5-8-7-11-10-4-2-1-3-9(8)10/h1-4,7,11H,5-6H2,(H,12,13,14)/p-1. The Hall–Kier alpha value is -0.980. The van der Waals surface area contributed by atoms with E-state index in [2.05, 4.69) is 4.98 Å². The molecular formula is C10H10NO3S2-. The predicted octanol–water partition coefficient (Wildman–Crippen LogP) is 1.90. The quantitative estimate of drug-likeness (QED) is 0.670. The summed E-state index contributed by atoms with van der Waals surface area (Å²) in [5.41, 5.74) is 2.05. The Balaban J connectivity index is 2.10. The smallest absolute Gasteiger partial charge is 0.149 e. The molecule has 0 radical (unpaired) electrons. The van der Waals surface area contributed by atoms with Gasteiger partial charge in [0.25, 0.3) is 0 Å².